The number of nitrogens with one attached hydrogen (secondary N) is 1. The summed E-state index contributed by atoms with van der Waals surface area (Å²) in [6.45, 7) is 1.85. The number of carbonyl (C=O) groups is 1. The number of rotatable bonds is 0. The van der Waals surface area contributed by atoms with Gasteiger partial charge >= 0.3 is 0 Å². The lowest BCUT2D eigenvalue weighted by Crippen LogP contribution is -2.38. The Bertz CT molecular complexity index is 149. The van der Waals surface area contributed by atoms with E-state index >= 15 is 0 Å². The van der Waals surface area contributed by atoms with E-state index in [2.05, 4.69) is 5.32 Å². The van der Waals surface area contributed by atoms with Gasteiger partial charge in [0.1, 0.15) is 5.78 Å². The SMILES string of the molecule is O=C1CCNCC12CC2. The Kier molecular flexibility index (Phi) is 0.943. The molecule has 1 aliphatic heterocycles. The summed E-state index contributed by atoms with van der Waals surface area (Å²) in [6, 6.07) is 0. The molecule has 1 N–H and O–H groups in total. The van der Waals surface area contributed by atoms with Gasteiger partial charge in [-0.05, 0) is 12.8 Å². The van der Waals surface area contributed by atoms with Crippen molar-refractivity contribution in [3.8, 4) is 0 Å². The highest BCUT2D eigenvalue weighted by Crippen LogP contribution is 2.47. The van der Waals surface area contributed by atoms with Gasteiger partial charge in [-0.3, -0.25) is 4.79 Å². The smallest absolute Gasteiger partial charge is 0.141 e. The maximum atomic E-state index is 11.1. The molecular formula is C7H11NO. The van der Waals surface area contributed by atoms with Gasteiger partial charge in [0.15, 0.2) is 0 Å². The van der Waals surface area contributed by atoms with Crippen LogP contribution in [0.2, 0.25) is 0 Å². The molecular weight excluding hydrogens is 114 g/mol. The second-order valence-corrected chi connectivity index (χ2v) is 3.13. The maximum Gasteiger partial charge on any atom is 0.141 e. The molecule has 0 aromatic heterocycles. The van der Waals surface area contributed by atoms with Gasteiger partial charge in [-0.1, -0.05) is 0 Å². The quantitative estimate of drug-likeness (QED) is 0.505. The van der Waals surface area contributed by atoms with E-state index < -0.39 is 0 Å². The van der Waals surface area contributed by atoms with Crippen molar-refractivity contribution in [2.45, 2.75) is 19.3 Å². The molecule has 2 aliphatic rings. The monoisotopic (exact) mass is 125 g/mol. The van der Waals surface area contributed by atoms with Gasteiger partial charge in [0, 0.05) is 24.9 Å². The molecule has 0 amide bonds. The summed E-state index contributed by atoms with van der Waals surface area (Å²) in [5.41, 5.74) is 0.137. The summed E-state index contributed by atoms with van der Waals surface area (Å²) < 4.78 is 0. The third-order valence-corrected chi connectivity index (χ3v) is 2.44. The van der Waals surface area contributed by atoms with Crippen molar-refractivity contribution < 1.29 is 4.79 Å². The van der Waals surface area contributed by atoms with Crippen molar-refractivity contribution in [2.24, 2.45) is 5.41 Å². The second-order valence-electron chi connectivity index (χ2n) is 3.13. The topological polar surface area (TPSA) is 29.1 Å². The summed E-state index contributed by atoms with van der Waals surface area (Å²) in [4.78, 5) is 11.1. The summed E-state index contributed by atoms with van der Waals surface area (Å²) in [7, 11) is 0. The van der Waals surface area contributed by atoms with Crippen LogP contribution in [-0.4, -0.2) is 18.9 Å². The van der Waals surface area contributed by atoms with Gasteiger partial charge in [-0.15, -0.1) is 0 Å². The van der Waals surface area contributed by atoms with Crippen molar-refractivity contribution in [3.05, 3.63) is 0 Å². The molecule has 1 saturated heterocycles. The fourth-order valence-corrected chi connectivity index (χ4v) is 1.50. The Labute approximate surface area is 54.6 Å². The molecule has 0 atom stereocenters. The molecule has 0 radical (unpaired) electrons. The predicted molar refractivity (Wildman–Crippen MR) is 34.2 cm³/mol. The van der Waals surface area contributed by atoms with Gasteiger partial charge in [0.2, 0.25) is 0 Å². The van der Waals surface area contributed by atoms with Crippen molar-refractivity contribution in [1.82, 2.24) is 5.32 Å². The molecule has 1 aliphatic carbocycles. The van der Waals surface area contributed by atoms with Crippen molar-refractivity contribution >= 4 is 5.78 Å². The standard InChI is InChI=1S/C7H11NO/c9-6-1-4-8-5-7(6)2-3-7/h8H,1-5H2. The fourth-order valence-electron chi connectivity index (χ4n) is 1.50. The normalized spacial score (nSPS) is 30.9. The Morgan fingerprint density at radius 1 is 1.44 bits per heavy atom. The number of hydrogen-bond donors (Lipinski definition) is 1. The average Bonchev–Trinajstić information content (AvgIpc) is 2.60. The highest BCUT2D eigenvalue weighted by Gasteiger charge is 2.49. The van der Waals surface area contributed by atoms with Crippen LogP contribution in [0.4, 0.5) is 0 Å². The minimum Gasteiger partial charge on any atom is -0.315 e. The van der Waals surface area contributed by atoms with E-state index in [1.54, 1.807) is 0 Å². The molecule has 0 unspecified atom stereocenters. The minimum atomic E-state index is 0.137. The van der Waals surface area contributed by atoms with Gasteiger partial charge in [0.25, 0.3) is 0 Å². The molecule has 2 nitrogen and oxygen atoms in total. The summed E-state index contributed by atoms with van der Waals surface area (Å²) in [5.74, 6) is 0.501. The lowest BCUT2D eigenvalue weighted by Gasteiger charge is -2.19. The Balaban J connectivity index is 2.12. The number of Topliss-reactive ketones (excluding diaryl/α,β-unsaturated/α-hetero) is 1. The van der Waals surface area contributed by atoms with Crippen LogP contribution in [0.1, 0.15) is 19.3 Å². The third kappa shape index (κ3) is 0.697. The zero-order chi connectivity index (χ0) is 6.32. The van der Waals surface area contributed by atoms with E-state index in [1.807, 2.05) is 0 Å². The van der Waals surface area contributed by atoms with Crippen molar-refractivity contribution in [2.75, 3.05) is 13.1 Å². The van der Waals surface area contributed by atoms with Crippen molar-refractivity contribution in [3.63, 3.8) is 0 Å². The van der Waals surface area contributed by atoms with Crippen LogP contribution in [0.5, 0.6) is 0 Å². The molecule has 1 heterocycles. The minimum absolute atomic E-state index is 0.137. The van der Waals surface area contributed by atoms with E-state index in [9.17, 15) is 4.79 Å². The third-order valence-electron chi connectivity index (χ3n) is 2.44. The van der Waals surface area contributed by atoms with Crippen LogP contribution in [0.25, 0.3) is 0 Å². The first kappa shape index (κ1) is 5.42. The number of ketones is 1. The highest BCUT2D eigenvalue weighted by molar-refractivity contribution is 5.88. The molecule has 0 bridgehead atoms. The van der Waals surface area contributed by atoms with Crippen LogP contribution in [0.15, 0.2) is 0 Å². The average molecular weight is 125 g/mol. The van der Waals surface area contributed by atoms with Gasteiger partial charge in [-0.2, -0.15) is 0 Å². The lowest BCUT2D eigenvalue weighted by molar-refractivity contribution is -0.125. The second kappa shape index (κ2) is 1.57. The molecule has 2 heteroatoms. The Morgan fingerprint density at radius 3 is 2.67 bits per heavy atom. The fraction of sp³-hybridized carbons (Fsp3) is 0.857. The van der Waals surface area contributed by atoms with E-state index in [4.69, 9.17) is 0 Å². The van der Waals surface area contributed by atoms with Crippen LogP contribution in [-0.2, 0) is 4.79 Å². The van der Waals surface area contributed by atoms with Crippen LogP contribution < -0.4 is 5.32 Å². The highest BCUT2D eigenvalue weighted by atomic mass is 16.1. The molecule has 2 rings (SSSR count). The summed E-state index contributed by atoms with van der Waals surface area (Å²) in [5, 5.41) is 3.25. The van der Waals surface area contributed by atoms with Gasteiger partial charge in [-0.25, -0.2) is 0 Å². The largest absolute Gasteiger partial charge is 0.315 e. The van der Waals surface area contributed by atoms with Crippen LogP contribution in [0.3, 0.4) is 0 Å². The Hall–Kier alpha value is -0.370. The summed E-state index contributed by atoms with van der Waals surface area (Å²) >= 11 is 0. The number of carbonyl (C=O) groups excluding carboxylic acids is 1. The lowest BCUT2D eigenvalue weighted by atomic mass is 9.95. The number of hydrogen-bond acceptors (Lipinski definition) is 2. The molecule has 1 spiro atoms. The maximum absolute atomic E-state index is 11.1. The van der Waals surface area contributed by atoms with E-state index in [0.717, 1.165) is 32.4 Å². The molecule has 50 valence electrons. The molecule has 9 heavy (non-hydrogen) atoms. The molecule has 0 aromatic rings. The number of piperidine rings is 1. The molecule has 0 aromatic carbocycles. The van der Waals surface area contributed by atoms with E-state index in [0.29, 0.717) is 5.78 Å². The van der Waals surface area contributed by atoms with Crippen molar-refractivity contribution in [1.29, 1.82) is 0 Å². The zero-order valence-electron chi connectivity index (χ0n) is 5.44. The van der Waals surface area contributed by atoms with E-state index in [1.165, 1.54) is 0 Å². The van der Waals surface area contributed by atoms with Gasteiger partial charge in [0.05, 0.1) is 0 Å². The molecule has 2 fully saturated rings. The first-order chi connectivity index (χ1) is 4.33. The first-order valence-corrected chi connectivity index (χ1v) is 3.58. The van der Waals surface area contributed by atoms with Crippen LogP contribution in [0, 0.1) is 5.41 Å². The predicted octanol–water partition coefficient (Wildman–Crippen LogP) is 0.329. The van der Waals surface area contributed by atoms with Gasteiger partial charge < -0.3 is 5.32 Å². The zero-order valence-corrected chi connectivity index (χ0v) is 5.44. The summed E-state index contributed by atoms with van der Waals surface area (Å²) in [6.07, 6.45) is 3.04. The van der Waals surface area contributed by atoms with Crippen LogP contribution >= 0.6 is 0 Å². The first-order valence-electron chi connectivity index (χ1n) is 3.58. The van der Waals surface area contributed by atoms with E-state index in [-0.39, 0.29) is 5.41 Å². The molecule has 1 saturated carbocycles. The Morgan fingerprint density at radius 2 is 2.22 bits per heavy atom.